The maximum absolute atomic E-state index is 14.8. The molecule has 14 heteroatoms. The molecule has 0 saturated carbocycles. The molecule has 3 amide bonds. The molecule has 1 fully saturated rings. The second kappa shape index (κ2) is 14.0. The van der Waals surface area contributed by atoms with Crippen molar-refractivity contribution < 1.29 is 33.0 Å². The minimum absolute atomic E-state index is 0.0340. The highest BCUT2D eigenvalue weighted by atomic mass is 19.1. The highest BCUT2D eigenvalue weighted by molar-refractivity contribution is 6.00. The summed E-state index contributed by atoms with van der Waals surface area (Å²) in [6, 6.07) is 22.6. The number of methoxy groups -OCH3 is 1. The van der Waals surface area contributed by atoms with Gasteiger partial charge in [-0.2, -0.15) is 5.21 Å². The van der Waals surface area contributed by atoms with E-state index in [4.69, 9.17) is 14.2 Å². The van der Waals surface area contributed by atoms with Crippen molar-refractivity contribution in [2.75, 3.05) is 26.8 Å². The largest absolute Gasteiger partial charge is 0.496 e. The van der Waals surface area contributed by atoms with Crippen molar-refractivity contribution in [3.63, 3.8) is 0 Å². The van der Waals surface area contributed by atoms with Crippen LogP contribution in [0.25, 0.3) is 22.5 Å². The van der Waals surface area contributed by atoms with Crippen molar-refractivity contribution in [3.8, 4) is 39.8 Å². The minimum Gasteiger partial charge on any atom is -0.496 e. The van der Waals surface area contributed by atoms with Crippen LogP contribution in [0.1, 0.15) is 32.7 Å². The van der Waals surface area contributed by atoms with Crippen LogP contribution in [0.5, 0.6) is 17.2 Å². The Morgan fingerprint density at radius 3 is 2.68 bits per heavy atom. The lowest BCUT2D eigenvalue weighted by atomic mass is 9.98. The molecule has 2 aliphatic rings. The molecule has 50 heavy (non-hydrogen) atoms. The Hall–Kier alpha value is -6.31. The van der Waals surface area contributed by atoms with E-state index in [1.54, 1.807) is 71.6 Å². The number of fused-ring (bicyclic) bond motifs is 8. The summed E-state index contributed by atoms with van der Waals surface area (Å²) in [5, 5.41) is 20.0. The van der Waals surface area contributed by atoms with Gasteiger partial charge in [0.2, 0.25) is 5.82 Å². The fourth-order valence-corrected chi connectivity index (χ4v) is 6.15. The normalized spacial score (nSPS) is 17.8. The number of amides is 3. The third kappa shape index (κ3) is 6.95. The number of likely N-dealkylation sites (tertiary alicyclic amines) is 1. The maximum atomic E-state index is 14.8. The summed E-state index contributed by atoms with van der Waals surface area (Å²) in [6.45, 7) is 0.153. The molecule has 5 aromatic rings. The van der Waals surface area contributed by atoms with Crippen LogP contribution in [0.4, 0.5) is 4.39 Å². The number of ether oxygens (including phenoxy) is 3. The first kappa shape index (κ1) is 32.2. The van der Waals surface area contributed by atoms with Gasteiger partial charge in [-0.05, 0) is 64.9 Å². The predicted octanol–water partition coefficient (Wildman–Crippen LogP) is 3.78. The van der Waals surface area contributed by atoms with E-state index < -0.39 is 29.8 Å². The minimum atomic E-state index is -0.701. The van der Waals surface area contributed by atoms with Crippen molar-refractivity contribution in [2.45, 2.75) is 25.1 Å². The molecule has 6 bridgehead atoms. The van der Waals surface area contributed by atoms with Crippen molar-refractivity contribution >= 4 is 17.7 Å². The SMILES string of the molecule is COc1ccc2cc1-c1cccc(c1)OCC(=O)NCc1cc(F)cc(c1)O[C@@H]1CCN(C(=O)c3ccccc3-c3nn[nH]n3)C[C@H]1NC2=O. The molecular weight excluding hydrogens is 645 g/mol. The Kier molecular flexibility index (Phi) is 9.06. The number of nitrogens with one attached hydrogen (secondary N) is 3. The van der Waals surface area contributed by atoms with Crippen molar-refractivity contribution in [2.24, 2.45) is 0 Å². The summed E-state index contributed by atoms with van der Waals surface area (Å²) in [5.41, 5.74) is 3.03. The van der Waals surface area contributed by atoms with Crippen LogP contribution in [-0.4, -0.2) is 82.2 Å². The monoisotopic (exact) mass is 677 g/mol. The number of aromatic nitrogens is 4. The molecule has 0 radical (unpaired) electrons. The van der Waals surface area contributed by atoms with E-state index in [9.17, 15) is 18.8 Å². The van der Waals surface area contributed by atoms with Gasteiger partial charge in [-0.25, -0.2) is 4.39 Å². The van der Waals surface area contributed by atoms with Crippen LogP contribution < -0.4 is 24.8 Å². The molecular formula is C36H32FN7O6. The van der Waals surface area contributed by atoms with Gasteiger partial charge < -0.3 is 29.7 Å². The fraction of sp³-hybridized carbons (Fsp3) is 0.222. The van der Waals surface area contributed by atoms with Gasteiger partial charge in [-0.15, -0.1) is 10.2 Å². The predicted molar refractivity (Wildman–Crippen MR) is 178 cm³/mol. The second-order valence-electron chi connectivity index (χ2n) is 11.9. The number of nitrogens with zero attached hydrogens (tertiary/aromatic N) is 4. The Morgan fingerprint density at radius 2 is 1.84 bits per heavy atom. The fourth-order valence-electron chi connectivity index (χ4n) is 6.15. The topological polar surface area (TPSA) is 161 Å². The lowest BCUT2D eigenvalue weighted by Crippen LogP contribution is -2.58. The Bertz CT molecular complexity index is 2060. The highest BCUT2D eigenvalue weighted by Crippen LogP contribution is 2.33. The molecule has 2 aliphatic heterocycles. The van der Waals surface area contributed by atoms with E-state index in [0.717, 1.165) is 0 Å². The first-order valence-electron chi connectivity index (χ1n) is 15.9. The number of halogens is 1. The first-order valence-corrected chi connectivity index (χ1v) is 15.9. The molecule has 3 heterocycles. The number of carbonyl (C=O) groups excluding carboxylic acids is 3. The van der Waals surface area contributed by atoms with Gasteiger partial charge in [0.15, 0.2) is 6.61 Å². The summed E-state index contributed by atoms with van der Waals surface area (Å²) in [4.78, 5) is 42.2. The number of H-pyrrole nitrogens is 1. The zero-order chi connectivity index (χ0) is 34.6. The average Bonchev–Trinajstić information content (AvgIpc) is 3.68. The van der Waals surface area contributed by atoms with E-state index in [0.29, 0.717) is 51.3 Å². The van der Waals surface area contributed by atoms with E-state index in [-0.39, 0.29) is 43.7 Å². The van der Waals surface area contributed by atoms with Crippen LogP contribution in [0, 0.1) is 5.82 Å². The van der Waals surface area contributed by atoms with Gasteiger partial charge >= 0.3 is 0 Å². The van der Waals surface area contributed by atoms with E-state index in [1.807, 2.05) is 6.07 Å². The van der Waals surface area contributed by atoms with Crippen LogP contribution in [-0.2, 0) is 11.3 Å². The molecule has 1 saturated heterocycles. The lowest BCUT2D eigenvalue weighted by molar-refractivity contribution is -0.123. The summed E-state index contributed by atoms with van der Waals surface area (Å²) >= 11 is 0. The molecule has 7 rings (SSSR count). The van der Waals surface area contributed by atoms with Gasteiger partial charge in [0, 0.05) is 48.8 Å². The Labute approximate surface area is 285 Å². The van der Waals surface area contributed by atoms with Crippen LogP contribution in [0.3, 0.4) is 0 Å². The van der Waals surface area contributed by atoms with Crippen molar-refractivity contribution in [1.82, 2.24) is 36.2 Å². The summed E-state index contributed by atoms with van der Waals surface area (Å²) in [7, 11) is 1.54. The zero-order valence-electron chi connectivity index (χ0n) is 26.9. The molecule has 3 N–H and O–H groups in total. The molecule has 0 spiro atoms. The van der Waals surface area contributed by atoms with E-state index in [2.05, 4.69) is 31.3 Å². The molecule has 1 aromatic heterocycles. The number of rotatable bonds is 3. The Balaban J connectivity index is 1.24. The van der Waals surface area contributed by atoms with E-state index >= 15 is 0 Å². The van der Waals surface area contributed by atoms with Gasteiger partial charge in [-0.1, -0.05) is 30.3 Å². The summed E-state index contributed by atoms with van der Waals surface area (Å²) < 4.78 is 32.5. The molecule has 254 valence electrons. The third-order valence-electron chi connectivity index (χ3n) is 8.58. The van der Waals surface area contributed by atoms with Crippen molar-refractivity contribution in [3.05, 3.63) is 107 Å². The van der Waals surface area contributed by atoms with Crippen LogP contribution in [0.2, 0.25) is 0 Å². The maximum Gasteiger partial charge on any atom is 0.258 e. The van der Waals surface area contributed by atoms with Gasteiger partial charge in [0.25, 0.3) is 17.7 Å². The van der Waals surface area contributed by atoms with Crippen molar-refractivity contribution in [1.29, 1.82) is 0 Å². The zero-order valence-corrected chi connectivity index (χ0v) is 26.9. The number of benzene rings is 4. The average molecular weight is 678 g/mol. The number of aromatic amines is 1. The van der Waals surface area contributed by atoms with Gasteiger partial charge in [-0.3, -0.25) is 14.4 Å². The standard InChI is InChI=1S/C36H32FN7O6/c1-48-31-10-9-23-16-29(31)22-5-4-6-25(15-22)49-20-33(45)38-18-21-13-24(37)17-26(14-21)50-32-11-12-44(19-30(32)39-35(23)46)36(47)28-8-3-2-7-27(28)34-40-42-43-41-34/h2-10,13-17,30,32H,11-12,18-20H2,1H3,(H,38,45)(H,39,46)(H,40,41,42,43)/t30-,32-/m1/s1. The number of piperidine rings is 1. The molecule has 4 aromatic carbocycles. The molecule has 0 aliphatic carbocycles. The number of carbonyl (C=O) groups is 3. The second-order valence-corrected chi connectivity index (χ2v) is 11.9. The smallest absolute Gasteiger partial charge is 0.258 e. The third-order valence-corrected chi connectivity index (χ3v) is 8.58. The van der Waals surface area contributed by atoms with E-state index in [1.165, 1.54) is 19.2 Å². The number of tetrazole rings is 1. The number of hydrogen-bond acceptors (Lipinski definition) is 9. The Morgan fingerprint density at radius 1 is 0.960 bits per heavy atom. The lowest BCUT2D eigenvalue weighted by Gasteiger charge is -2.39. The van der Waals surface area contributed by atoms with Crippen LogP contribution >= 0.6 is 0 Å². The van der Waals surface area contributed by atoms with Gasteiger partial charge in [0.1, 0.15) is 29.2 Å². The molecule has 13 nitrogen and oxygen atoms in total. The van der Waals surface area contributed by atoms with Crippen LogP contribution in [0.15, 0.2) is 84.9 Å². The van der Waals surface area contributed by atoms with Gasteiger partial charge in [0.05, 0.1) is 18.7 Å². The highest BCUT2D eigenvalue weighted by Gasteiger charge is 2.36. The summed E-state index contributed by atoms with van der Waals surface area (Å²) in [5.74, 6) is -0.185. The molecule has 0 unspecified atom stereocenters. The number of hydrogen-bond donors (Lipinski definition) is 3. The quantitative estimate of drug-likeness (QED) is 0.258. The summed E-state index contributed by atoms with van der Waals surface area (Å²) in [6.07, 6.45) is -0.314. The molecule has 2 atom stereocenters. The first-order chi connectivity index (χ1) is 24.3.